The molecule has 0 atom stereocenters. The topological polar surface area (TPSA) is 94.1 Å². The van der Waals surface area contributed by atoms with Crippen LogP contribution in [0.4, 0.5) is 5.69 Å². The van der Waals surface area contributed by atoms with Gasteiger partial charge in [0.05, 0.1) is 23.1 Å². The number of nitrogens with zero attached hydrogens (tertiary/aromatic N) is 4. The first-order valence-corrected chi connectivity index (χ1v) is 7.05. The highest BCUT2D eigenvalue weighted by Gasteiger charge is 2.24. The lowest BCUT2D eigenvalue weighted by molar-refractivity contribution is -0.129. The highest BCUT2D eigenvalue weighted by Crippen LogP contribution is 2.22. The fraction of sp³-hybridized carbons (Fsp3) is 0.333. The zero-order valence-corrected chi connectivity index (χ0v) is 12.5. The van der Waals surface area contributed by atoms with Gasteiger partial charge < -0.3 is 10.6 Å². The number of amides is 1. The number of hydrogen-bond acceptors (Lipinski definition) is 5. The molecule has 0 aliphatic carbocycles. The van der Waals surface area contributed by atoms with Gasteiger partial charge in [0.15, 0.2) is 0 Å². The lowest BCUT2D eigenvalue weighted by Crippen LogP contribution is -2.35. The molecule has 0 radical (unpaired) electrons. The lowest BCUT2D eigenvalue weighted by Gasteiger charge is -2.28. The van der Waals surface area contributed by atoms with Crippen LogP contribution in [-0.4, -0.2) is 38.0 Å². The summed E-state index contributed by atoms with van der Waals surface area (Å²) in [7, 11) is 0. The van der Waals surface area contributed by atoms with Crippen molar-refractivity contribution >= 4 is 17.5 Å². The van der Waals surface area contributed by atoms with E-state index in [0.29, 0.717) is 36.5 Å². The van der Waals surface area contributed by atoms with Crippen molar-refractivity contribution in [3.8, 4) is 0 Å². The Hall–Kier alpha value is -2.70. The Labute approximate surface area is 127 Å². The standard InChI is InChI=1S/C15H17N5O2/c1-9-14(16)8-20(18-9)15(22)13-6-17-5-11-7-19(10(2)21)4-3-12(11)13/h5-6,8H,3-4,7,16H2,1-2H3. The fourth-order valence-corrected chi connectivity index (χ4v) is 2.65. The maximum atomic E-state index is 12.6. The normalized spacial score (nSPS) is 13.8. The summed E-state index contributed by atoms with van der Waals surface area (Å²) in [4.78, 5) is 30.0. The van der Waals surface area contributed by atoms with Gasteiger partial charge in [0, 0.05) is 32.4 Å². The number of hydrogen-bond donors (Lipinski definition) is 1. The summed E-state index contributed by atoms with van der Waals surface area (Å²) in [5, 5.41) is 4.13. The smallest absolute Gasteiger partial charge is 0.280 e. The van der Waals surface area contributed by atoms with Crippen molar-refractivity contribution in [2.75, 3.05) is 12.3 Å². The van der Waals surface area contributed by atoms with Gasteiger partial charge in [0.25, 0.3) is 5.91 Å². The molecule has 0 unspecified atom stereocenters. The Morgan fingerprint density at radius 3 is 2.73 bits per heavy atom. The summed E-state index contributed by atoms with van der Waals surface area (Å²) >= 11 is 0. The fourth-order valence-electron chi connectivity index (χ4n) is 2.65. The molecular weight excluding hydrogens is 282 g/mol. The summed E-state index contributed by atoms with van der Waals surface area (Å²) < 4.78 is 1.25. The Bertz CT molecular complexity index is 746. The van der Waals surface area contributed by atoms with Crippen molar-refractivity contribution in [3.05, 3.63) is 41.0 Å². The van der Waals surface area contributed by atoms with Crippen molar-refractivity contribution in [2.24, 2.45) is 0 Å². The summed E-state index contributed by atoms with van der Waals surface area (Å²) in [5.41, 5.74) is 9.21. The maximum absolute atomic E-state index is 12.6. The van der Waals surface area contributed by atoms with Gasteiger partial charge >= 0.3 is 0 Å². The number of fused-ring (bicyclic) bond motifs is 1. The van der Waals surface area contributed by atoms with Crippen LogP contribution < -0.4 is 5.73 Å². The van der Waals surface area contributed by atoms with E-state index in [9.17, 15) is 9.59 Å². The average Bonchev–Trinajstić information content (AvgIpc) is 2.84. The second-order valence-electron chi connectivity index (χ2n) is 5.43. The number of aryl methyl sites for hydroxylation is 1. The molecule has 1 aliphatic rings. The molecule has 1 amide bonds. The minimum Gasteiger partial charge on any atom is -0.396 e. The van der Waals surface area contributed by atoms with E-state index < -0.39 is 0 Å². The van der Waals surface area contributed by atoms with Crippen molar-refractivity contribution < 1.29 is 9.59 Å². The molecule has 22 heavy (non-hydrogen) atoms. The van der Waals surface area contributed by atoms with Gasteiger partial charge in [-0.15, -0.1) is 0 Å². The Morgan fingerprint density at radius 1 is 1.32 bits per heavy atom. The number of rotatable bonds is 1. The molecule has 3 rings (SSSR count). The molecule has 0 saturated carbocycles. The first-order chi connectivity index (χ1) is 10.5. The third-order valence-electron chi connectivity index (χ3n) is 3.96. The number of aromatic nitrogens is 3. The largest absolute Gasteiger partial charge is 0.396 e. The van der Waals surface area contributed by atoms with E-state index in [1.54, 1.807) is 31.1 Å². The second kappa shape index (κ2) is 5.25. The van der Waals surface area contributed by atoms with Crippen molar-refractivity contribution in [1.29, 1.82) is 0 Å². The van der Waals surface area contributed by atoms with E-state index in [2.05, 4.69) is 10.1 Å². The van der Waals surface area contributed by atoms with Crippen LogP contribution in [0.2, 0.25) is 0 Å². The van der Waals surface area contributed by atoms with Crippen LogP contribution in [0.1, 0.15) is 34.1 Å². The van der Waals surface area contributed by atoms with Crippen LogP contribution >= 0.6 is 0 Å². The molecule has 2 aromatic heterocycles. The first kappa shape index (κ1) is 14.2. The highest BCUT2D eigenvalue weighted by atomic mass is 16.2. The number of pyridine rings is 1. The van der Waals surface area contributed by atoms with Crippen LogP contribution in [0.15, 0.2) is 18.6 Å². The van der Waals surface area contributed by atoms with Crippen molar-refractivity contribution in [1.82, 2.24) is 19.7 Å². The predicted octanol–water partition coefficient (Wildman–Crippen LogP) is 0.762. The molecule has 0 bridgehead atoms. The minimum atomic E-state index is -0.250. The Kier molecular flexibility index (Phi) is 3.40. The Balaban J connectivity index is 1.98. The zero-order valence-electron chi connectivity index (χ0n) is 12.5. The van der Waals surface area contributed by atoms with E-state index in [1.165, 1.54) is 10.9 Å². The summed E-state index contributed by atoms with van der Waals surface area (Å²) in [6, 6.07) is 0. The third-order valence-corrected chi connectivity index (χ3v) is 3.96. The monoisotopic (exact) mass is 299 g/mol. The van der Waals surface area contributed by atoms with E-state index in [-0.39, 0.29) is 11.8 Å². The molecule has 2 N–H and O–H groups in total. The number of carbonyl (C=O) groups excluding carboxylic acids is 2. The van der Waals surface area contributed by atoms with Gasteiger partial charge in [0.1, 0.15) is 0 Å². The third kappa shape index (κ3) is 2.34. The molecule has 7 nitrogen and oxygen atoms in total. The molecule has 1 aliphatic heterocycles. The molecule has 0 fully saturated rings. The number of nitrogen functional groups attached to an aromatic ring is 1. The SMILES string of the molecule is CC(=O)N1CCc2c(cncc2C(=O)n2cc(N)c(C)n2)C1. The number of nitrogens with two attached hydrogens (primary N) is 1. The van der Waals surface area contributed by atoms with Gasteiger partial charge in [-0.05, 0) is 24.5 Å². The molecular formula is C15H17N5O2. The quantitative estimate of drug-likeness (QED) is 0.839. The van der Waals surface area contributed by atoms with Crippen LogP contribution in [0.3, 0.4) is 0 Å². The molecule has 0 saturated heterocycles. The van der Waals surface area contributed by atoms with Gasteiger partial charge in [-0.2, -0.15) is 5.10 Å². The summed E-state index contributed by atoms with van der Waals surface area (Å²) in [6.07, 6.45) is 5.41. The number of carbonyl (C=O) groups is 2. The molecule has 2 aromatic rings. The van der Waals surface area contributed by atoms with E-state index in [0.717, 1.165) is 11.1 Å². The Morgan fingerprint density at radius 2 is 2.09 bits per heavy atom. The van der Waals surface area contributed by atoms with E-state index in [4.69, 9.17) is 5.73 Å². The molecule has 0 spiro atoms. The second-order valence-corrected chi connectivity index (χ2v) is 5.43. The maximum Gasteiger partial charge on any atom is 0.280 e. The van der Waals surface area contributed by atoms with E-state index >= 15 is 0 Å². The van der Waals surface area contributed by atoms with Crippen molar-refractivity contribution in [3.63, 3.8) is 0 Å². The van der Waals surface area contributed by atoms with Crippen LogP contribution in [0.25, 0.3) is 0 Å². The molecule has 3 heterocycles. The van der Waals surface area contributed by atoms with Crippen LogP contribution in [-0.2, 0) is 17.8 Å². The minimum absolute atomic E-state index is 0.0258. The van der Waals surface area contributed by atoms with Crippen molar-refractivity contribution in [2.45, 2.75) is 26.8 Å². The van der Waals surface area contributed by atoms with Crippen LogP contribution in [0, 0.1) is 6.92 Å². The number of anilines is 1. The molecule has 0 aromatic carbocycles. The summed E-state index contributed by atoms with van der Waals surface area (Å²) in [5.74, 6) is -0.224. The summed E-state index contributed by atoms with van der Waals surface area (Å²) in [6.45, 7) is 4.39. The predicted molar refractivity (Wildman–Crippen MR) is 80.1 cm³/mol. The van der Waals surface area contributed by atoms with Gasteiger partial charge in [-0.1, -0.05) is 0 Å². The van der Waals surface area contributed by atoms with Gasteiger partial charge in [-0.3, -0.25) is 14.6 Å². The van der Waals surface area contributed by atoms with E-state index in [1.807, 2.05) is 0 Å². The molecule has 7 heteroatoms. The zero-order chi connectivity index (χ0) is 15.9. The molecule has 114 valence electrons. The van der Waals surface area contributed by atoms with Gasteiger partial charge in [0.2, 0.25) is 5.91 Å². The lowest BCUT2D eigenvalue weighted by atomic mass is 9.96. The van der Waals surface area contributed by atoms with Gasteiger partial charge in [-0.25, -0.2) is 4.68 Å². The average molecular weight is 299 g/mol. The highest BCUT2D eigenvalue weighted by molar-refractivity contribution is 5.97. The first-order valence-electron chi connectivity index (χ1n) is 7.05. The van der Waals surface area contributed by atoms with Crippen LogP contribution in [0.5, 0.6) is 0 Å².